The Bertz CT molecular complexity index is 950. The zero-order chi connectivity index (χ0) is 28.3. The number of ether oxygens (including phenoxy) is 1. The largest absolute Gasteiger partial charge is 0.380 e. The summed E-state index contributed by atoms with van der Waals surface area (Å²) in [5.41, 5.74) is 0.00107. The Morgan fingerprint density at radius 3 is 2.08 bits per heavy atom. The molecule has 2 N–H and O–H groups in total. The number of amides is 4. The van der Waals surface area contributed by atoms with Gasteiger partial charge in [0.15, 0.2) is 0 Å². The van der Waals surface area contributed by atoms with E-state index in [2.05, 4.69) is 31.1 Å². The molecule has 8 nitrogen and oxygen atoms in total. The van der Waals surface area contributed by atoms with Gasteiger partial charge in [-0.3, -0.25) is 24.1 Å². The van der Waals surface area contributed by atoms with Crippen molar-refractivity contribution >= 4 is 23.6 Å². The summed E-state index contributed by atoms with van der Waals surface area (Å²) in [6.45, 7) is 16.1. The molecule has 210 valence electrons. The van der Waals surface area contributed by atoms with Crippen molar-refractivity contribution in [2.24, 2.45) is 22.7 Å². The van der Waals surface area contributed by atoms with E-state index in [4.69, 9.17) is 4.74 Å². The van der Waals surface area contributed by atoms with Gasteiger partial charge in [0, 0.05) is 54.1 Å². The van der Waals surface area contributed by atoms with Crippen LogP contribution in [-0.2, 0) is 23.9 Å². The number of hydrogen-bond donors (Lipinski definition) is 2. The van der Waals surface area contributed by atoms with Gasteiger partial charge in [-0.25, -0.2) is 0 Å². The highest BCUT2D eigenvalue weighted by molar-refractivity contribution is 6.12. The van der Waals surface area contributed by atoms with Gasteiger partial charge in [-0.05, 0) is 44.6 Å². The number of nitrogens with zero attached hydrogens (tertiary/aromatic N) is 1. The predicted octanol–water partition coefficient (Wildman–Crippen LogP) is 3.71. The second-order valence-corrected chi connectivity index (χ2v) is 11.9. The monoisotopic (exact) mass is 527 g/mol. The third-order valence-electron chi connectivity index (χ3n) is 6.96. The van der Waals surface area contributed by atoms with Gasteiger partial charge in [-0.2, -0.15) is 0 Å². The first-order chi connectivity index (χ1) is 17.9. The molecular weight excluding hydrogens is 482 g/mol. The van der Waals surface area contributed by atoms with Gasteiger partial charge in [0.2, 0.25) is 5.91 Å². The van der Waals surface area contributed by atoms with Crippen molar-refractivity contribution in [1.82, 2.24) is 15.5 Å². The Labute approximate surface area is 227 Å². The summed E-state index contributed by atoms with van der Waals surface area (Å²) < 4.78 is 6.01. The van der Waals surface area contributed by atoms with Gasteiger partial charge in [0.05, 0.1) is 13.2 Å². The van der Waals surface area contributed by atoms with Crippen molar-refractivity contribution in [1.29, 1.82) is 0 Å². The number of imide groups is 1. The topological polar surface area (TPSA) is 105 Å². The minimum absolute atomic E-state index is 0.0454. The van der Waals surface area contributed by atoms with E-state index in [1.165, 1.54) is 23.1 Å². The lowest BCUT2D eigenvalue weighted by atomic mass is 9.81. The quantitative estimate of drug-likeness (QED) is 0.204. The molecule has 38 heavy (non-hydrogen) atoms. The second-order valence-electron chi connectivity index (χ2n) is 11.9. The predicted molar refractivity (Wildman–Crippen MR) is 149 cm³/mol. The lowest BCUT2D eigenvalue weighted by Gasteiger charge is -2.32. The Balaban J connectivity index is 1.68. The number of hydrogen-bond acceptors (Lipinski definition) is 5. The zero-order valence-corrected chi connectivity index (χ0v) is 23.7. The van der Waals surface area contributed by atoms with Crippen LogP contribution in [0.5, 0.6) is 0 Å². The van der Waals surface area contributed by atoms with Crippen molar-refractivity contribution < 1.29 is 23.9 Å². The van der Waals surface area contributed by atoms with Gasteiger partial charge in [0.1, 0.15) is 0 Å². The summed E-state index contributed by atoms with van der Waals surface area (Å²) >= 11 is 0. The maximum Gasteiger partial charge on any atom is 0.253 e. The molecule has 0 aromatic carbocycles. The van der Waals surface area contributed by atoms with Crippen LogP contribution in [0.4, 0.5) is 0 Å². The Morgan fingerprint density at radius 1 is 1.00 bits per heavy atom. The van der Waals surface area contributed by atoms with E-state index in [1.54, 1.807) is 12.2 Å². The number of rotatable bonds is 14. The van der Waals surface area contributed by atoms with E-state index < -0.39 is 0 Å². The van der Waals surface area contributed by atoms with E-state index in [0.29, 0.717) is 38.4 Å². The van der Waals surface area contributed by atoms with Crippen LogP contribution in [0.25, 0.3) is 0 Å². The van der Waals surface area contributed by atoms with Crippen molar-refractivity contribution in [3.8, 4) is 0 Å². The summed E-state index contributed by atoms with van der Waals surface area (Å²) in [6.07, 6.45) is 12.7. The first-order valence-electron chi connectivity index (χ1n) is 13.5. The molecule has 0 bridgehead atoms. The minimum atomic E-state index is -0.263. The second kappa shape index (κ2) is 14.2. The fraction of sp³-hybridized carbons (Fsp3) is 0.600. The summed E-state index contributed by atoms with van der Waals surface area (Å²) in [5, 5.41) is 6.04. The van der Waals surface area contributed by atoms with E-state index in [1.807, 2.05) is 26.8 Å². The van der Waals surface area contributed by atoms with Gasteiger partial charge < -0.3 is 15.4 Å². The maximum atomic E-state index is 12.8. The van der Waals surface area contributed by atoms with Gasteiger partial charge >= 0.3 is 0 Å². The molecule has 2 aliphatic rings. The number of allylic oxidation sites excluding steroid dienone is 3. The average molecular weight is 528 g/mol. The Morgan fingerprint density at radius 2 is 1.55 bits per heavy atom. The van der Waals surface area contributed by atoms with Gasteiger partial charge in [-0.1, -0.05) is 52.5 Å². The number of carbonyl (C=O) groups is 4. The lowest BCUT2D eigenvalue weighted by molar-refractivity contribution is -0.138. The zero-order valence-electron chi connectivity index (χ0n) is 23.7. The van der Waals surface area contributed by atoms with Gasteiger partial charge in [-0.15, -0.1) is 0 Å². The standard InChI is InChI=1S/C30H45N3O5/c1-7-9-10-23(8-2)27(36)31-18-29(3,4)20-38-21-30(5,6)19-32-28(37)24-13-11-22(12-14-24)17-33-25(34)15-16-26(33)35/h7-10,15-16,22,24H,2,11-14,17-21H2,1,3-6H3,(H,31,36)(H,32,37)/b9-7-,23-10+. The molecule has 0 radical (unpaired) electrons. The first kappa shape index (κ1) is 31.2. The van der Waals surface area contributed by atoms with E-state index in [9.17, 15) is 19.2 Å². The molecule has 4 amide bonds. The van der Waals surface area contributed by atoms with Gasteiger partial charge in [0.25, 0.3) is 17.7 Å². The van der Waals surface area contributed by atoms with Crippen LogP contribution in [0, 0.1) is 22.7 Å². The highest BCUT2D eigenvalue weighted by Gasteiger charge is 2.32. The molecule has 1 heterocycles. The summed E-state index contributed by atoms with van der Waals surface area (Å²) in [7, 11) is 0. The van der Waals surface area contributed by atoms with Crippen LogP contribution in [0.1, 0.15) is 60.3 Å². The fourth-order valence-corrected chi connectivity index (χ4v) is 4.51. The fourth-order valence-electron chi connectivity index (χ4n) is 4.51. The van der Waals surface area contributed by atoms with E-state index in [0.717, 1.165) is 25.7 Å². The van der Waals surface area contributed by atoms with Crippen LogP contribution >= 0.6 is 0 Å². The number of carbonyl (C=O) groups excluding carboxylic acids is 4. The van der Waals surface area contributed by atoms with Crippen LogP contribution < -0.4 is 10.6 Å². The average Bonchev–Trinajstić information content (AvgIpc) is 3.19. The molecule has 8 heteroatoms. The summed E-state index contributed by atoms with van der Waals surface area (Å²) in [4.78, 5) is 50.0. The van der Waals surface area contributed by atoms with Crippen molar-refractivity contribution in [2.45, 2.75) is 60.3 Å². The molecule has 0 saturated heterocycles. The summed E-state index contributed by atoms with van der Waals surface area (Å²) in [6, 6.07) is 0. The molecule has 0 aromatic heterocycles. The van der Waals surface area contributed by atoms with Crippen molar-refractivity contribution in [3.63, 3.8) is 0 Å². The van der Waals surface area contributed by atoms with Crippen LogP contribution in [0.3, 0.4) is 0 Å². The van der Waals surface area contributed by atoms with Crippen molar-refractivity contribution in [3.05, 3.63) is 48.6 Å². The molecular formula is C30H45N3O5. The third kappa shape index (κ3) is 10.0. The van der Waals surface area contributed by atoms with E-state index in [-0.39, 0.29) is 46.3 Å². The molecule has 0 atom stereocenters. The highest BCUT2D eigenvalue weighted by Crippen LogP contribution is 2.30. The van der Waals surface area contributed by atoms with Crippen LogP contribution in [-0.4, -0.2) is 61.4 Å². The highest BCUT2D eigenvalue weighted by atomic mass is 16.5. The minimum Gasteiger partial charge on any atom is -0.380 e. The lowest BCUT2D eigenvalue weighted by Crippen LogP contribution is -2.42. The maximum absolute atomic E-state index is 12.8. The molecule has 1 aliphatic heterocycles. The Hall–Kier alpha value is -3.00. The van der Waals surface area contributed by atoms with Crippen LogP contribution in [0.2, 0.25) is 0 Å². The molecule has 0 unspecified atom stereocenters. The van der Waals surface area contributed by atoms with E-state index >= 15 is 0 Å². The molecule has 0 spiro atoms. The SMILES string of the molecule is C=C/C(=C\C=C/C)C(=O)NCC(C)(C)COCC(C)(C)CNC(=O)C1CCC(CN2C(=O)C=CC2=O)CC1. The molecule has 1 saturated carbocycles. The molecule has 1 aliphatic carbocycles. The Kier molecular flexibility index (Phi) is 11.7. The molecule has 0 aromatic rings. The number of nitrogens with one attached hydrogen (secondary N) is 2. The smallest absolute Gasteiger partial charge is 0.253 e. The van der Waals surface area contributed by atoms with Crippen molar-refractivity contribution in [2.75, 3.05) is 32.8 Å². The molecule has 1 fully saturated rings. The normalized spacial score (nSPS) is 20.8. The first-order valence-corrected chi connectivity index (χ1v) is 13.5. The summed E-state index contributed by atoms with van der Waals surface area (Å²) in [5.74, 6) is -0.400. The van der Waals surface area contributed by atoms with Crippen LogP contribution in [0.15, 0.2) is 48.6 Å². The molecule has 2 rings (SSSR count). The third-order valence-corrected chi connectivity index (χ3v) is 6.96.